The van der Waals surface area contributed by atoms with Crippen LogP contribution in [0.3, 0.4) is 0 Å². The van der Waals surface area contributed by atoms with E-state index in [-0.39, 0.29) is 12.2 Å². The van der Waals surface area contributed by atoms with E-state index in [2.05, 4.69) is 10.6 Å². The van der Waals surface area contributed by atoms with Crippen LogP contribution in [0, 0.1) is 0 Å². The van der Waals surface area contributed by atoms with Crippen molar-refractivity contribution in [2.24, 2.45) is 7.05 Å². The maximum Gasteiger partial charge on any atom is 0.365 e. The average Bonchev–Trinajstić information content (AvgIpc) is 3.42. The van der Waals surface area contributed by atoms with Gasteiger partial charge < -0.3 is 15.2 Å². The van der Waals surface area contributed by atoms with Gasteiger partial charge in [-0.25, -0.2) is 14.1 Å². The molecule has 6 rings (SSSR count). The Hall–Kier alpha value is -4.26. The summed E-state index contributed by atoms with van der Waals surface area (Å²) < 4.78 is 151. The number of aromatic nitrogens is 1. The summed E-state index contributed by atoms with van der Waals surface area (Å²) in [5.74, 6) is -1.58. The summed E-state index contributed by atoms with van der Waals surface area (Å²) in [4.78, 5) is 18.6. The number of aryl methyl sites for hydroxylation is 1. The summed E-state index contributed by atoms with van der Waals surface area (Å²) in [6.07, 6.45) is 9.83. The number of likely N-dealkylation sites (N-methyl/N-ethyl adjacent to an activating group) is 1. The van der Waals surface area contributed by atoms with Gasteiger partial charge in [0.15, 0.2) is 0 Å². The first-order chi connectivity index (χ1) is 22.9. The first-order valence-corrected chi connectivity index (χ1v) is 19.8. The summed E-state index contributed by atoms with van der Waals surface area (Å²) in [6, 6.07) is -1.67. The van der Waals surface area contributed by atoms with Gasteiger partial charge in [-0.15, -0.1) is 0 Å². The van der Waals surface area contributed by atoms with Crippen molar-refractivity contribution in [1.82, 2.24) is 15.2 Å². The van der Waals surface area contributed by atoms with Crippen LogP contribution >= 0.6 is 0 Å². The highest BCUT2D eigenvalue weighted by molar-refractivity contribution is 7.91. The minimum absolute atomic E-state index is 0.186. The van der Waals surface area contributed by atoms with Gasteiger partial charge in [-0.05, 0) is 29.4 Å². The van der Waals surface area contributed by atoms with E-state index in [9.17, 15) is 56.7 Å². The molecule has 266 valence electrons. The Morgan fingerprint density at radius 2 is 1.44 bits per heavy atom. The molecule has 18 nitrogen and oxygen atoms in total. The molecule has 0 radical (unpaired) electrons. The molecule has 5 atom stereocenters. The van der Waals surface area contributed by atoms with Crippen LogP contribution in [0.15, 0.2) is 111 Å². The van der Waals surface area contributed by atoms with E-state index in [1.54, 1.807) is 0 Å². The predicted molar refractivity (Wildman–Crippen MR) is 174 cm³/mol. The van der Waals surface area contributed by atoms with Gasteiger partial charge in [0.05, 0.1) is 24.0 Å². The molecule has 4 aliphatic carbocycles. The second-order valence-corrected chi connectivity index (χ2v) is 17.9. The number of nitrogens with one attached hydrogen (secondary N) is 2. The molecule has 5 aliphatic rings. The number of fused-ring (bicyclic) bond motifs is 1. The van der Waals surface area contributed by atoms with Crippen LogP contribution < -0.4 is 10.6 Å². The lowest BCUT2D eigenvalue weighted by molar-refractivity contribution is -0.876. The van der Waals surface area contributed by atoms with Crippen molar-refractivity contribution in [1.29, 1.82) is 0 Å². The van der Waals surface area contributed by atoms with E-state index in [4.69, 9.17) is 0 Å². The topological polar surface area (TPSA) is 281 Å². The predicted octanol–water partition coefficient (Wildman–Crippen LogP) is 0.246. The van der Waals surface area contributed by atoms with Crippen LogP contribution in [0.4, 0.5) is 4.79 Å². The Bertz CT molecular complexity index is 2520. The first kappa shape index (κ1) is 35.6. The lowest BCUT2D eigenvalue weighted by Gasteiger charge is -2.55. The van der Waals surface area contributed by atoms with Crippen LogP contribution in [0.5, 0.6) is 0 Å². The zero-order valence-electron chi connectivity index (χ0n) is 25.6. The molecule has 22 heteroatoms. The molecule has 3 amide bonds. The molecule has 0 saturated carbocycles. The lowest BCUT2D eigenvalue weighted by atomic mass is 9.80. The summed E-state index contributed by atoms with van der Waals surface area (Å²) in [5.41, 5.74) is -2.70. The number of urea groups is 1. The second kappa shape index (κ2) is 10.9. The van der Waals surface area contributed by atoms with Crippen molar-refractivity contribution in [3.8, 4) is 0 Å². The van der Waals surface area contributed by atoms with Crippen molar-refractivity contribution >= 4 is 52.4 Å². The van der Waals surface area contributed by atoms with Gasteiger partial charge in [0, 0.05) is 42.6 Å². The molecular weight excluding hydrogens is 745 g/mol. The third-order valence-electron chi connectivity index (χ3n) is 9.30. The SMILES string of the molecule is Cn1cccc1C(=O)[N+]1(C)C2(S(=O)(=O)O)C=C3C(=CC=CC3NC(=O)NC3C=CC=C4C3=CC(S(=O)(=O)O)=CC41S(=O)(=O)O)C(S(=O)(=O)O)=C2. The number of nitrogens with zero attached hydrogens (tertiary/aromatic N) is 2. The van der Waals surface area contributed by atoms with Crippen LogP contribution in [0.2, 0.25) is 0 Å². The Kier molecular flexibility index (Phi) is 7.73. The quantitative estimate of drug-likeness (QED) is 0.173. The second-order valence-electron chi connectivity index (χ2n) is 11.9. The minimum Gasteiger partial charge on any atom is -0.343 e. The van der Waals surface area contributed by atoms with Gasteiger partial charge in [-0.2, -0.15) is 33.7 Å². The Morgan fingerprint density at radius 3 is 1.96 bits per heavy atom. The van der Waals surface area contributed by atoms with Gasteiger partial charge >= 0.3 is 32.2 Å². The Labute approximate surface area is 285 Å². The molecule has 6 bridgehead atoms. The van der Waals surface area contributed by atoms with Crippen molar-refractivity contribution in [2.75, 3.05) is 7.05 Å². The third kappa shape index (κ3) is 4.82. The van der Waals surface area contributed by atoms with E-state index in [0.717, 1.165) is 28.9 Å². The van der Waals surface area contributed by atoms with Crippen LogP contribution in [-0.2, 0) is 47.5 Å². The number of hydrogen-bond acceptors (Lipinski definition) is 10. The zero-order valence-corrected chi connectivity index (χ0v) is 28.8. The van der Waals surface area contributed by atoms with E-state index in [1.807, 2.05) is 0 Å². The monoisotopic (exact) mass is 771 g/mol. The fourth-order valence-corrected chi connectivity index (χ4v) is 11.3. The zero-order chi connectivity index (χ0) is 37.0. The highest BCUT2D eigenvalue weighted by Crippen LogP contribution is 2.56. The molecule has 1 aromatic rings. The van der Waals surface area contributed by atoms with Gasteiger partial charge in [0.1, 0.15) is 10.6 Å². The van der Waals surface area contributed by atoms with Crippen molar-refractivity contribution in [3.63, 3.8) is 0 Å². The fourth-order valence-electron chi connectivity index (χ4n) is 7.01. The normalized spacial score (nSPS) is 30.9. The van der Waals surface area contributed by atoms with Crippen LogP contribution in [0.25, 0.3) is 0 Å². The lowest BCUT2D eigenvalue weighted by Crippen LogP contribution is -2.79. The molecule has 0 fully saturated rings. The maximum atomic E-state index is 15.2. The minimum atomic E-state index is -6.18. The molecule has 2 heterocycles. The molecule has 50 heavy (non-hydrogen) atoms. The van der Waals surface area contributed by atoms with E-state index in [1.165, 1.54) is 37.5 Å². The average molecular weight is 772 g/mol. The van der Waals surface area contributed by atoms with Gasteiger partial charge in [-0.1, -0.05) is 36.5 Å². The number of amides is 3. The smallest absolute Gasteiger partial charge is 0.343 e. The molecule has 0 spiro atoms. The molecule has 5 unspecified atom stereocenters. The first-order valence-electron chi connectivity index (χ1n) is 14.1. The molecule has 6 N–H and O–H groups in total. The summed E-state index contributed by atoms with van der Waals surface area (Å²) >= 11 is 0. The number of hydrogen-bond donors (Lipinski definition) is 6. The van der Waals surface area contributed by atoms with E-state index < -0.39 is 117 Å². The molecule has 1 aliphatic heterocycles. The Balaban J connectivity index is 1.98. The van der Waals surface area contributed by atoms with Gasteiger partial charge in [0.2, 0.25) is 0 Å². The van der Waals surface area contributed by atoms with Crippen molar-refractivity contribution in [3.05, 3.63) is 117 Å². The van der Waals surface area contributed by atoms with E-state index in [0.29, 0.717) is 19.2 Å². The summed E-state index contributed by atoms with van der Waals surface area (Å²) in [5, 5.41) is 4.92. The third-order valence-corrected chi connectivity index (χ3v) is 13.9. The molecule has 1 aromatic heterocycles. The summed E-state index contributed by atoms with van der Waals surface area (Å²) in [6.45, 7) is 0. The molecule has 0 saturated heterocycles. The van der Waals surface area contributed by atoms with E-state index >= 15 is 4.79 Å². The number of allylic oxidation sites excluding steroid dienone is 6. The standard InChI is InChI=1S/C28H26N4O14S4/c1-31-11-5-10-23(31)25(33)32(2)27(49(41,42)43)14-19-17(24(15-27)48(38,39)40)6-3-8-22(19)30-26(34)29-21-9-4-7-20-18(21)12-16(47(35,36)37)13-28(20,32)50(44,45)46/h3-15,21-22H,1-2H3,(H5-,29,30,34,35,36,37,38,39,40,41,42,43,44,45,46)/p+1. The van der Waals surface area contributed by atoms with Crippen molar-refractivity contribution in [2.45, 2.75) is 21.8 Å². The molecule has 0 aromatic carbocycles. The number of carbonyl (C=O) groups excluding carboxylic acids is 2. The highest BCUT2D eigenvalue weighted by Gasteiger charge is 2.77. The fraction of sp³-hybridized carbons (Fsp3) is 0.214. The highest BCUT2D eigenvalue weighted by atomic mass is 32.2. The van der Waals surface area contributed by atoms with Gasteiger partial charge in [0.25, 0.3) is 30.0 Å². The molecular formula is C28H27N4O14S4+. The van der Waals surface area contributed by atoms with Crippen LogP contribution in [-0.4, -0.2) is 102 Å². The van der Waals surface area contributed by atoms with Crippen molar-refractivity contribution < 1.29 is 66.0 Å². The summed E-state index contributed by atoms with van der Waals surface area (Å²) in [7, 11) is -21.6. The maximum absolute atomic E-state index is 15.2. The van der Waals surface area contributed by atoms with Crippen LogP contribution in [0.1, 0.15) is 10.5 Å². The largest absolute Gasteiger partial charge is 0.365 e. The van der Waals surface area contributed by atoms with Gasteiger partial charge in [-0.3, -0.25) is 18.2 Å². The number of rotatable bonds is 5. The number of quaternary nitrogens is 1. The Morgan fingerprint density at radius 1 is 0.840 bits per heavy atom. The number of carbonyl (C=O) groups is 2.